The Hall–Kier alpha value is -1.92. The quantitative estimate of drug-likeness (QED) is 0.757. The molecule has 2 heterocycles. The highest BCUT2D eigenvalue weighted by molar-refractivity contribution is 5.79. The van der Waals surface area contributed by atoms with Crippen molar-refractivity contribution in [2.24, 2.45) is 11.3 Å². The van der Waals surface area contributed by atoms with Crippen LogP contribution in [-0.4, -0.2) is 50.4 Å². The number of nitrogens with one attached hydrogen (secondary N) is 1. The Morgan fingerprint density at radius 3 is 2.81 bits per heavy atom. The molecule has 1 atom stereocenters. The minimum Gasteiger partial charge on any atom is -0.481 e. The highest BCUT2D eigenvalue weighted by Gasteiger charge is 2.58. The summed E-state index contributed by atoms with van der Waals surface area (Å²) in [6.45, 7) is 1.02. The van der Waals surface area contributed by atoms with Crippen molar-refractivity contribution in [3.8, 4) is 0 Å². The number of hydrogen-bond acceptors (Lipinski definition) is 4. The van der Waals surface area contributed by atoms with Gasteiger partial charge in [-0.1, -0.05) is 0 Å². The number of likely N-dealkylation sites (tertiary alicyclic amines) is 1. The number of carboxylic acid groups (broad SMARTS) is 1. The van der Waals surface area contributed by atoms with E-state index in [0.29, 0.717) is 19.5 Å². The van der Waals surface area contributed by atoms with Crippen molar-refractivity contribution in [2.75, 3.05) is 13.1 Å². The van der Waals surface area contributed by atoms with Crippen molar-refractivity contribution in [3.05, 3.63) is 11.9 Å². The molecule has 1 unspecified atom stereocenters. The number of unbranched alkanes of at least 4 members (excludes halogenated alkanes) is 1. The number of carbonyl (C=O) groups excluding carboxylic acids is 1. The maximum atomic E-state index is 12.2. The molecule has 0 radical (unpaired) electrons. The number of aromatic amines is 1. The Morgan fingerprint density at radius 1 is 1.43 bits per heavy atom. The van der Waals surface area contributed by atoms with Gasteiger partial charge < -0.3 is 10.0 Å². The molecule has 1 aliphatic heterocycles. The van der Waals surface area contributed by atoms with Crippen molar-refractivity contribution >= 4 is 11.9 Å². The number of carbonyl (C=O) groups is 2. The van der Waals surface area contributed by atoms with Crippen LogP contribution >= 0.6 is 0 Å². The lowest BCUT2D eigenvalue weighted by atomic mass is 9.93. The molecule has 7 nitrogen and oxygen atoms in total. The Morgan fingerprint density at radius 2 is 2.24 bits per heavy atom. The third-order valence-electron chi connectivity index (χ3n) is 4.73. The van der Waals surface area contributed by atoms with Crippen LogP contribution in [0.25, 0.3) is 0 Å². The number of aromatic nitrogens is 3. The number of H-pyrrole nitrogens is 1. The van der Waals surface area contributed by atoms with Crippen molar-refractivity contribution in [3.63, 3.8) is 0 Å². The molecule has 1 spiro atoms. The van der Waals surface area contributed by atoms with Gasteiger partial charge in [-0.25, -0.2) is 0 Å². The fraction of sp³-hybridized carbons (Fsp3) is 0.714. The van der Waals surface area contributed by atoms with Crippen LogP contribution in [0.4, 0.5) is 0 Å². The summed E-state index contributed by atoms with van der Waals surface area (Å²) in [4.78, 5) is 25.2. The molecule has 1 saturated carbocycles. The second-order valence-electron chi connectivity index (χ2n) is 6.20. The molecule has 1 saturated heterocycles. The normalized spacial score (nSPS) is 22.7. The van der Waals surface area contributed by atoms with Gasteiger partial charge in [0.1, 0.15) is 0 Å². The predicted octanol–water partition coefficient (Wildman–Crippen LogP) is 0.841. The summed E-state index contributed by atoms with van der Waals surface area (Å²) in [5.74, 6) is -1.03. The molecule has 0 aromatic carbocycles. The first kappa shape index (κ1) is 14.0. The number of aliphatic carboxylic acids is 1. The average molecular weight is 292 g/mol. The molecule has 114 valence electrons. The van der Waals surface area contributed by atoms with Gasteiger partial charge in [0.25, 0.3) is 0 Å². The van der Waals surface area contributed by atoms with E-state index in [1.54, 1.807) is 11.1 Å². The van der Waals surface area contributed by atoms with Gasteiger partial charge in [0, 0.05) is 24.9 Å². The smallest absolute Gasteiger partial charge is 0.308 e. The molecule has 2 aliphatic rings. The molecule has 2 fully saturated rings. The van der Waals surface area contributed by atoms with Gasteiger partial charge >= 0.3 is 5.97 Å². The van der Waals surface area contributed by atoms with Gasteiger partial charge in [0.2, 0.25) is 5.91 Å². The van der Waals surface area contributed by atoms with Crippen molar-refractivity contribution < 1.29 is 14.7 Å². The van der Waals surface area contributed by atoms with E-state index in [1.807, 2.05) is 0 Å². The summed E-state index contributed by atoms with van der Waals surface area (Å²) < 4.78 is 0. The molecule has 1 aromatic heterocycles. The Balaban J connectivity index is 1.43. The van der Waals surface area contributed by atoms with E-state index in [2.05, 4.69) is 15.4 Å². The highest BCUT2D eigenvalue weighted by Crippen LogP contribution is 2.56. The summed E-state index contributed by atoms with van der Waals surface area (Å²) >= 11 is 0. The van der Waals surface area contributed by atoms with E-state index in [9.17, 15) is 14.7 Å². The summed E-state index contributed by atoms with van der Waals surface area (Å²) in [5, 5.41) is 19.5. The van der Waals surface area contributed by atoms with E-state index >= 15 is 0 Å². The van der Waals surface area contributed by atoms with E-state index in [-0.39, 0.29) is 17.2 Å². The highest BCUT2D eigenvalue weighted by atomic mass is 16.4. The van der Waals surface area contributed by atoms with Gasteiger partial charge in [0.05, 0.1) is 17.8 Å². The van der Waals surface area contributed by atoms with Crippen LogP contribution in [0.1, 0.15) is 37.8 Å². The van der Waals surface area contributed by atoms with E-state index in [1.165, 1.54) is 0 Å². The van der Waals surface area contributed by atoms with Gasteiger partial charge in [0.15, 0.2) is 0 Å². The van der Waals surface area contributed by atoms with Crippen LogP contribution in [0.5, 0.6) is 0 Å². The zero-order chi connectivity index (χ0) is 14.9. The SMILES string of the molecule is O=C(O)C1CN(C(=O)CCCCc2cn[nH]n2)CC12CC2. The Labute approximate surface area is 122 Å². The lowest BCUT2D eigenvalue weighted by Gasteiger charge is -2.15. The summed E-state index contributed by atoms with van der Waals surface area (Å²) in [7, 11) is 0. The first-order valence-corrected chi connectivity index (χ1v) is 7.46. The van der Waals surface area contributed by atoms with E-state index in [0.717, 1.165) is 37.8 Å². The van der Waals surface area contributed by atoms with Crippen LogP contribution < -0.4 is 0 Å². The summed E-state index contributed by atoms with van der Waals surface area (Å²) in [5.41, 5.74) is 0.800. The zero-order valence-electron chi connectivity index (χ0n) is 11.9. The standard InChI is InChI=1S/C14H20N4O3/c19-12(4-2-1-3-10-7-15-17-16-10)18-8-11(13(20)21)14(9-18)5-6-14/h7,11H,1-6,8-9H2,(H,20,21)(H,15,16,17). The van der Waals surface area contributed by atoms with E-state index < -0.39 is 5.97 Å². The zero-order valence-corrected chi connectivity index (χ0v) is 11.9. The van der Waals surface area contributed by atoms with Gasteiger partial charge in [-0.05, 0) is 32.1 Å². The van der Waals surface area contributed by atoms with Crippen LogP contribution in [0, 0.1) is 11.3 Å². The van der Waals surface area contributed by atoms with Gasteiger partial charge in [-0.15, -0.1) is 0 Å². The fourth-order valence-corrected chi connectivity index (χ4v) is 3.25. The maximum Gasteiger partial charge on any atom is 0.308 e. The minimum absolute atomic E-state index is 0.0881. The van der Waals surface area contributed by atoms with Crippen molar-refractivity contribution in [1.29, 1.82) is 0 Å². The monoisotopic (exact) mass is 292 g/mol. The number of aryl methyl sites for hydroxylation is 1. The molecule has 1 aromatic rings. The molecule has 2 N–H and O–H groups in total. The third kappa shape index (κ3) is 2.91. The number of nitrogens with zero attached hydrogens (tertiary/aromatic N) is 3. The van der Waals surface area contributed by atoms with Crippen molar-refractivity contribution in [2.45, 2.75) is 38.5 Å². The predicted molar refractivity (Wildman–Crippen MR) is 73.3 cm³/mol. The van der Waals surface area contributed by atoms with Gasteiger partial charge in [-0.2, -0.15) is 15.4 Å². The van der Waals surface area contributed by atoms with Crippen LogP contribution in [-0.2, 0) is 16.0 Å². The molecular formula is C14H20N4O3. The topological polar surface area (TPSA) is 99.2 Å². The molecule has 1 amide bonds. The molecule has 21 heavy (non-hydrogen) atoms. The van der Waals surface area contributed by atoms with Crippen LogP contribution in [0.2, 0.25) is 0 Å². The summed E-state index contributed by atoms with van der Waals surface area (Å²) in [6, 6.07) is 0. The lowest BCUT2D eigenvalue weighted by Crippen LogP contribution is -2.29. The number of hydrogen-bond donors (Lipinski definition) is 2. The Kier molecular flexibility index (Phi) is 3.65. The molecule has 7 heteroatoms. The molecular weight excluding hydrogens is 272 g/mol. The second kappa shape index (κ2) is 5.46. The Bertz CT molecular complexity index is 524. The maximum absolute atomic E-state index is 12.2. The first-order chi connectivity index (χ1) is 10.1. The summed E-state index contributed by atoms with van der Waals surface area (Å²) in [6.07, 6.45) is 6.56. The largest absolute Gasteiger partial charge is 0.481 e. The fourth-order valence-electron chi connectivity index (χ4n) is 3.25. The number of carboxylic acids is 1. The molecule has 3 rings (SSSR count). The second-order valence-corrected chi connectivity index (χ2v) is 6.20. The lowest BCUT2D eigenvalue weighted by molar-refractivity contribution is -0.143. The number of amides is 1. The average Bonchev–Trinajstić information content (AvgIpc) is 2.89. The van der Waals surface area contributed by atoms with E-state index in [4.69, 9.17) is 0 Å². The first-order valence-electron chi connectivity index (χ1n) is 7.46. The number of rotatable bonds is 6. The van der Waals surface area contributed by atoms with Gasteiger partial charge in [-0.3, -0.25) is 9.59 Å². The van der Waals surface area contributed by atoms with Crippen LogP contribution in [0.15, 0.2) is 6.20 Å². The third-order valence-corrected chi connectivity index (χ3v) is 4.73. The van der Waals surface area contributed by atoms with Crippen LogP contribution in [0.3, 0.4) is 0 Å². The minimum atomic E-state index is -0.756. The molecule has 1 aliphatic carbocycles. The molecule has 0 bridgehead atoms. The van der Waals surface area contributed by atoms with Crippen molar-refractivity contribution in [1.82, 2.24) is 20.3 Å².